The van der Waals surface area contributed by atoms with E-state index in [0.717, 1.165) is 33.4 Å². The summed E-state index contributed by atoms with van der Waals surface area (Å²) >= 11 is 0. The smallest absolute Gasteiger partial charge is 0.303 e. The molecule has 10 atom stereocenters. The minimum atomic E-state index is -1.17. The molecule has 14 heteroatoms. The van der Waals surface area contributed by atoms with Gasteiger partial charge in [0.15, 0.2) is 24.8 Å². The third kappa shape index (κ3) is 16.7. The van der Waals surface area contributed by atoms with E-state index in [1.807, 2.05) is 182 Å². The molecule has 0 unspecified atom stereocenters. The third-order valence-corrected chi connectivity index (χ3v) is 12.4. The minimum absolute atomic E-state index is 0.0910. The van der Waals surface area contributed by atoms with Gasteiger partial charge in [0, 0.05) is 13.8 Å². The van der Waals surface area contributed by atoms with Gasteiger partial charge in [0.05, 0.1) is 66.1 Å². The lowest BCUT2D eigenvalue weighted by Crippen LogP contribution is -2.62. The Morgan fingerprint density at radius 2 is 0.595 bits per heavy atom. The van der Waals surface area contributed by atoms with Crippen molar-refractivity contribution in [3.05, 3.63) is 215 Å². The zero-order chi connectivity index (χ0) is 51.2. The van der Waals surface area contributed by atoms with Crippen LogP contribution in [0.15, 0.2) is 182 Å². The normalized spacial score (nSPS) is 23.7. The first-order valence-corrected chi connectivity index (χ1v) is 25.1. The van der Waals surface area contributed by atoms with E-state index in [1.165, 1.54) is 13.8 Å². The second-order valence-electron chi connectivity index (χ2n) is 18.0. The van der Waals surface area contributed by atoms with Crippen LogP contribution < -0.4 is 0 Å². The molecule has 390 valence electrons. The molecule has 2 heterocycles. The Morgan fingerprint density at radius 3 is 0.865 bits per heavy atom. The van der Waals surface area contributed by atoms with Gasteiger partial charge in [-0.2, -0.15) is 0 Å². The van der Waals surface area contributed by atoms with Crippen molar-refractivity contribution in [1.82, 2.24) is 0 Å². The highest BCUT2D eigenvalue weighted by molar-refractivity contribution is 5.66. The van der Waals surface area contributed by atoms with Crippen molar-refractivity contribution < 1.29 is 66.4 Å². The van der Waals surface area contributed by atoms with Crippen LogP contribution in [0.1, 0.15) is 47.2 Å². The molecule has 0 aromatic heterocycles. The number of carbonyl (C=O) groups excluding carboxylic acids is 2. The highest BCUT2D eigenvalue weighted by atomic mass is 16.8. The first-order chi connectivity index (χ1) is 36.4. The highest BCUT2D eigenvalue weighted by Crippen LogP contribution is 2.33. The Labute approximate surface area is 433 Å². The lowest BCUT2D eigenvalue weighted by Gasteiger charge is -2.46. The van der Waals surface area contributed by atoms with Crippen LogP contribution in [-0.2, 0) is 106 Å². The van der Waals surface area contributed by atoms with E-state index >= 15 is 0 Å². The van der Waals surface area contributed by atoms with Gasteiger partial charge in [0.25, 0.3) is 0 Å². The molecule has 0 bridgehead atoms. The van der Waals surface area contributed by atoms with Gasteiger partial charge in [-0.15, -0.1) is 0 Å². The monoisotopic (exact) mass is 1010 g/mol. The minimum Gasteiger partial charge on any atom is -0.454 e. The molecule has 2 saturated heterocycles. The average molecular weight is 1010 g/mol. The van der Waals surface area contributed by atoms with Crippen LogP contribution in [0.2, 0.25) is 0 Å². The molecule has 2 aliphatic rings. The quantitative estimate of drug-likeness (QED) is 0.0357. The molecular weight excluding hydrogens is 945 g/mol. The predicted molar refractivity (Wildman–Crippen MR) is 273 cm³/mol. The third-order valence-electron chi connectivity index (χ3n) is 12.4. The zero-order valence-electron chi connectivity index (χ0n) is 41.9. The van der Waals surface area contributed by atoms with Crippen molar-refractivity contribution >= 4 is 11.9 Å². The second-order valence-corrected chi connectivity index (χ2v) is 18.0. The zero-order valence-corrected chi connectivity index (χ0v) is 41.9. The molecule has 0 radical (unpaired) electrons. The lowest BCUT2D eigenvalue weighted by atomic mass is 9.97. The van der Waals surface area contributed by atoms with Crippen molar-refractivity contribution in [2.45, 2.75) is 115 Å². The SMILES string of the molecule is CC(=O)O[C@H]1[C@H](OCCO[C@@H]2O[C@H](COCc3ccccc3)[C@@H](OCc3ccccc3)[C@H](OCc3ccccc3)[C@H]2OC(C)=O)O[C@H](COCc2ccccc2)[C@@H](OCc2ccccc2)[C@@H]1OCc1ccccc1. The Hall–Kier alpha value is -6.14. The molecule has 0 amide bonds. The van der Waals surface area contributed by atoms with E-state index in [9.17, 15) is 9.59 Å². The molecular formula is C60H66O14. The molecule has 2 aliphatic heterocycles. The topological polar surface area (TPSA) is 145 Å². The van der Waals surface area contributed by atoms with Crippen LogP contribution in [0, 0.1) is 0 Å². The fraction of sp³-hybridized carbons (Fsp3) is 0.367. The van der Waals surface area contributed by atoms with E-state index in [1.54, 1.807) is 0 Å². The Bertz CT molecular complexity index is 2330. The summed E-state index contributed by atoms with van der Waals surface area (Å²) in [6.07, 6.45) is -9.33. The highest BCUT2D eigenvalue weighted by Gasteiger charge is 2.52. The van der Waals surface area contributed by atoms with Crippen LogP contribution in [0.25, 0.3) is 0 Å². The number of benzene rings is 6. The lowest BCUT2D eigenvalue weighted by molar-refractivity contribution is -0.334. The van der Waals surface area contributed by atoms with E-state index in [2.05, 4.69) is 0 Å². The fourth-order valence-electron chi connectivity index (χ4n) is 8.84. The first-order valence-electron chi connectivity index (χ1n) is 25.1. The molecule has 6 aromatic rings. The molecule has 2 fully saturated rings. The molecule has 14 nitrogen and oxygen atoms in total. The van der Waals surface area contributed by atoms with Crippen LogP contribution >= 0.6 is 0 Å². The van der Waals surface area contributed by atoms with E-state index in [-0.39, 0.29) is 52.9 Å². The molecule has 74 heavy (non-hydrogen) atoms. The number of hydrogen-bond donors (Lipinski definition) is 0. The summed E-state index contributed by atoms with van der Waals surface area (Å²) in [7, 11) is 0. The van der Waals surface area contributed by atoms with E-state index in [0.29, 0.717) is 13.2 Å². The number of ether oxygens (including phenoxy) is 12. The van der Waals surface area contributed by atoms with Gasteiger partial charge < -0.3 is 56.8 Å². The fourth-order valence-corrected chi connectivity index (χ4v) is 8.84. The molecule has 0 saturated carbocycles. The molecule has 8 rings (SSSR count). The van der Waals surface area contributed by atoms with Crippen molar-refractivity contribution in [2.24, 2.45) is 0 Å². The maximum Gasteiger partial charge on any atom is 0.303 e. The van der Waals surface area contributed by atoms with E-state index < -0.39 is 73.4 Å². The molecule has 0 N–H and O–H groups in total. The van der Waals surface area contributed by atoms with Crippen molar-refractivity contribution in [3.63, 3.8) is 0 Å². The van der Waals surface area contributed by atoms with Crippen LogP contribution in [0.3, 0.4) is 0 Å². The maximum absolute atomic E-state index is 13.0. The van der Waals surface area contributed by atoms with Gasteiger partial charge in [0.2, 0.25) is 0 Å². The Balaban J connectivity index is 1.04. The van der Waals surface area contributed by atoms with Crippen molar-refractivity contribution in [1.29, 1.82) is 0 Å². The molecule has 6 aromatic carbocycles. The molecule has 0 aliphatic carbocycles. The Kier molecular flexibility index (Phi) is 21.3. The predicted octanol–water partition coefficient (Wildman–Crippen LogP) is 9.11. The second kappa shape index (κ2) is 29.1. The molecule has 0 spiro atoms. The average Bonchev–Trinajstić information content (AvgIpc) is 3.43. The van der Waals surface area contributed by atoms with Gasteiger partial charge in [-0.25, -0.2) is 0 Å². The van der Waals surface area contributed by atoms with Crippen molar-refractivity contribution in [3.8, 4) is 0 Å². The summed E-state index contributed by atoms with van der Waals surface area (Å²) in [5.41, 5.74) is 5.63. The number of carbonyl (C=O) groups is 2. The van der Waals surface area contributed by atoms with E-state index in [4.69, 9.17) is 56.8 Å². The van der Waals surface area contributed by atoms with Crippen molar-refractivity contribution in [2.75, 3.05) is 26.4 Å². The summed E-state index contributed by atoms with van der Waals surface area (Å²) in [5, 5.41) is 0. The standard InChI is InChI=1S/C60H66O14/c1-43(61)71-57-55(69-39-49-29-17-7-18-30-49)53(67-37-47-25-13-5-14-26-47)51(41-63-35-45-21-9-3-10-22-45)73-59(57)65-33-34-66-60-58(72-44(2)62)56(70-40-50-31-19-8-20-32-50)54(68-38-48-27-15-6-16-28-48)52(74-60)42-64-36-46-23-11-4-12-24-46/h3-32,51-60H,33-42H2,1-2H3/t51-,52-,53-,54-,55+,56+,57-,58-,59-,60-/m1/s1. The van der Waals surface area contributed by atoms with Gasteiger partial charge in [-0.3, -0.25) is 9.59 Å². The summed E-state index contributed by atoms with van der Waals surface area (Å²) in [4.78, 5) is 26.0. The summed E-state index contributed by atoms with van der Waals surface area (Å²) in [6, 6.07) is 58.6. The Morgan fingerprint density at radius 1 is 0.338 bits per heavy atom. The number of rotatable bonds is 27. The van der Waals surface area contributed by atoms with Crippen LogP contribution in [0.5, 0.6) is 0 Å². The van der Waals surface area contributed by atoms with Gasteiger partial charge in [-0.1, -0.05) is 182 Å². The first kappa shape index (κ1) is 54.1. The van der Waals surface area contributed by atoms with Gasteiger partial charge in [0.1, 0.15) is 36.6 Å². The number of esters is 2. The summed E-state index contributed by atoms with van der Waals surface area (Å²) < 4.78 is 77.9. The maximum atomic E-state index is 13.0. The number of hydrogen-bond acceptors (Lipinski definition) is 14. The largest absolute Gasteiger partial charge is 0.454 e. The summed E-state index contributed by atoms with van der Waals surface area (Å²) in [5.74, 6) is -1.13. The van der Waals surface area contributed by atoms with Gasteiger partial charge >= 0.3 is 11.9 Å². The van der Waals surface area contributed by atoms with Gasteiger partial charge in [-0.05, 0) is 33.4 Å². The van der Waals surface area contributed by atoms with Crippen LogP contribution in [0.4, 0.5) is 0 Å². The summed E-state index contributed by atoms with van der Waals surface area (Å²) in [6.45, 7) is 4.07. The van der Waals surface area contributed by atoms with Crippen LogP contribution in [-0.4, -0.2) is 99.8 Å².